The Hall–Kier alpha value is -3.82. The van der Waals surface area contributed by atoms with E-state index in [1.165, 1.54) is 7.11 Å². The molecular formula is C21H24N6O5. The fourth-order valence-electron chi connectivity index (χ4n) is 3.17. The Labute approximate surface area is 185 Å². The van der Waals surface area contributed by atoms with Crippen LogP contribution in [0, 0.1) is 6.92 Å². The smallest absolute Gasteiger partial charge is 0.427 e. The first-order valence-electron chi connectivity index (χ1n) is 9.98. The summed E-state index contributed by atoms with van der Waals surface area (Å²) in [5.74, 6) is 0.771. The maximum atomic E-state index is 12.0. The number of carbonyl (C=O) groups excluding carboxylic acids is 2. The van der Waals surface area contributed by atoms with Crippen molar-refractivity contribution in [1.82, 2.24) is 9.88 Å². The van der Waals surface area contributed by atoms with Gasteiger partial charge >= 0.3 is 6.16 Å². The Bertz CT molecular complexity index is 998. The lowest BCUT2D eigenvalue weighted by Gasteiger charge is -2.36. The molecule has 2 heterocycles. The van der Waals surface area contributed by atoms with Gasteiger partial charge in [0.15, 0.2) is 0 Å². The highest BCUT2D eigenvalue weighted by atomic mass is 16.7. The van der Waals surface area contributed by atoms with Crippen LogP contribution in [0.15, 0.2) is 41.5 Å². The highest BCUT2D eigenvalue weighted by molar-refractivity contribution is 5.78. The van der Waals surface area contributed by atoms with E-state index in [2.05, 4.69) is 15.0 Å². The molecule has 168 valence electrons. The van der Waals surface area contributed by atoms with Gasteiger partial charge in [-0.05, 0) is 36.7 Å². The van der Waals surface area contributed by atoms with Gasteiger partial charge in [-0.15, -0.1) is 0 Å². The lowest BCUT2D eigenvalue weighted by molar-refractivity contribution is -0.135. The summed E-state index contributed by atoms with van der Waals surface area (Å²) in [6, 6.07) is 10.2. The van der Waals surface area contributed by atoms with E-state index in [9.17, 15) is 9.59 Å². The predicted octanol–water partition coefficient (Wildman–Crippen LogP) is 3.34. The second-order valence-corrected chi connectivity index (χ2v) is 7.09. The number of piperazine rings is 1. The molecule has 1 aromatic heterocycles. The van der Waals surface area contributed by atoms with Crippen LogP contribution in [0.5, 0.6) is 5.75 Å². The molecule has 0 saturated carbocycles. The van der Waals surface area contributed by atoms with Gasteiger partial charge in [0, 0.05) is 38.2 Å². The molecule has 1 amide bonds. The summed E-state index contributed by atoms with van der Waals surface area (Å²) in [5.41, 5.74) is 10.8. The Morgan fingerprint density at radius 2 is 1.84 bits per heavy atom. The Kier molecular flexibility index (Phi) is 7.85. The zero-order chi connectivity index (χ0) is 22.9. The number of aromatic nitrogens is 1. The van der Waals surface area contributed by atoms with Gasteiger partial charge in [0.05, 0.1) is 11.4 Å². The molecule has 32 heavy (non-hydrogen) atoms. The number of nitrogens with zero attached hydrogens (tertiary/aromatic N) is 6. The second kappa shape index (κ2) is 11.0. The normalized spacial score (nSPS) is 13.3. The molecule has 0 radical (unpaired) electrons. The number of pyridine rings is 1. The van der Waals surface area contributed by atoms with Gasteiger partial charge in [0.2, 0.25) is 5.91 Å². The van der Waals surface area contributed by atoms with Crippen molar-refractivity contribution >= 4 is 23.6 Å². The van der Waals surface area contributed by atoms with Crippen LogP contribution in [0.3, 0.4) is 0 Å². The number of hydrogen-bond acceptors (Lipinski definition) is 8. The molecule has 1 fully saturated rings. The number of hydrogen-bond donors (Lipinski definition) is 0. The molecule has 0 atom stereocenters. The first-order valence-corrected chi connectivity index (χ1v) is 9.98. The van der Waals surface area contributed by atoms with Crippen molar-refractivity contribution in [1.29, 1.82) is 0 Å². The minimum atomic E-state index is -0.846. The van der Waals surface area contributed by atoms with Crippen molar-refractivity contribution in [3.63, 3.8) is 0 Å². The monoisotopic (exact) mass is 440 g/mol. The molecule has 1 saturated heterocycles. The quantitative estimate of drug-likeness (QED) is 0.212. The highest BCUT2D eigenvalue weighted by Crippen LogP contribution is 2.28. The third-order valence-electron chi connectivity index (χ3n) is 4.82. The first kappa shape index (κ1) is 22.9. The van der Waals surface area contributed by atoms with E-state index in [1.54, 1.807) is 29.2 Å². The van der Waals surface area contributed by atoms with Crippen LogP contribution in [0.1, 0.15) is 11.3 Å². The number of ether oxygens (including phenoxy) is 3. The summed E-state index contributed by atoms with van der Waals surface area (Å²) in [6.45, 7) is 3.86. The molecule has 0 unspecified atom stereocenters. The van der Waals surface area contributed by atoms with Crippen LogP contribution in [-0.4, -0.2) is 61.8 Å². The Morgan fingerprint density at radius 1 is 1.12 bits per heavy atom. The van der Waals surface area contributed by atoms with Gasteiger partial charge < -0.3 is 24.0 Å². The summed E-state index contributed by atoms with van der Waals surface area (Å²) in [6.07, 6.45) is -0.846. The van der Waals surface area contributed by atoms with Crippen molar-refractivity contribution in [3.05, 3.63) is 58.1 Å². The molecule has 2 aromatic rings. The van der Waals surface area contributed by atoms with Crippen LogP contribution in [0.4, 0.5) is 16.3 Å². The van der Waals surface area contributed by atoms with Crippen molar-refractivity contribution in [2.24, 2.45) is 5.11 Å². The fourth-order valence-corrected chi connectivity index (χ4v) is 3.17. The molecule has 0 aliphatic carbocycles. The number of azide groups is 1. The standard InChI is InChI=1S/C21H24N6O5/c1-15-3-6-17(7-4-15)32-21(29)31-13-16-5-8-18(24-25-22)20(23-16)27-11-9-26(10-12-27)19(28)14-30-2/h3-8H,9-14H2,1-2H3. The number of benzene rings is 1. The van der Waals surface area contributed by atoms with E-state index in [1.807, 2.05) is 24.0 Å². The van der Waals surface area contributed by atoms with Crippen molar-refractivity contribution < 1.29 is 23.8 Å². The third-order valence-corrected chi connectivity index (χ3v) is 4.82. The fraction of sp³-hybridized carbons (Fsp3) is 0.381. The van der Waals surface area contributed by atoms with Crippen molar-refractivity contribution in [3.8, 4) is 5.75 Å². The van der Waals surface area contributed by atoms with Gasteiger partial charge in [-0.3, -0.25) is 4.79 Å². The minimum absolute atomic E-state index is 0.0355. The molecule has 0 spiro atoms. The first-order chi connectivity index (χ1) is 15.5. The highest BCUT2D eigenvalue weighted by Gasteiger charge is 2.23. The van der Waals surface area contributed by atoms with Crippen LogP contribution in [-0.2, 0) is 20.9 Å². The van der Waals surface area contributed by atoms with Gasteiger partial charge in [-0.1, -0.05) is 22.8 Å². The maximum Gasteiger partial charge on any atom is 0.514 e. The number of methoxy groups -OCH3 is 1. The summed E-state index contributed by atoms with van der Waals surface area (Å²) in [7, 11) is 1.48. The van der Waals surface area contributed by atoms with Crippen LogP contribution >= 0.6 is 0 Å². The molecule has 11 nitrogen and oxygen atoms in total. The summed E-state index contributed by atoms with van der Waals surface area (Å²) in [5, 5.41) is 3.71. The molecule has 1 aliphatic heterocycles. The average Bonchev–Trinajstić information content (AvgIpc) is 2.80. The van der Waals surface area contributed by atoms with E-state index >= 15 is 0 Å². The SMILES string of the molecule is COCC(=O)N1CCN(c2nc(COC(=O)Oc3ccc(C)cc3)ccc2N=[N+]=[N-])CC1. The molecule has 11 heteroatoms. The average molecular weight is 440 g/mol. The number of aryl methyl sites for hydroxylation is 1. The van der Waals surface area contributed by atoms with Crippen LogP contribution in [0.2, 0.25) is 0 Å². The lowest BCUT2D eigenvalue weighted by Crippen LogP contribution is -2.50. The van der Waals surface area contributed by atoms with Crippen LogP contribution in [0.25, 0.3) is 10.4 Å². The zero-order valence-electron chi connectivity index (χ0n) is 17.9. The van der Waals surface area contributed by atoms with E-state index in [0.717, 1.165) is 5.56 Å². The number of rotatable bonds is 7. The minimum Gasteiger partial charge on any atom is -0.427 e. The van der Waals surface area contributed by atoms with E-state index in [0.29, 0.717) is 49.1 Å². The van der Waals surface area contributed by atoms with E-state index in [-0.39, 0.29) is 19.1 Å². The second-order valence-electron chi connectivity index (χ2n) is 7.09. The van der Waals surface area contributed by atoms with Gasteiger partial charge in [-0.25, -0.2) is 9.78 Å². The largest absolute Gasteiger partial charge is 0.514 e. The van der Waals surface area contributed by atoms with Gasteiger partial charge in [-0.2, -0.15) is 0 Å². The summed E-state index contributed by atoms with van der Waals surface area (Å²) >= 11 is 0. The van der Waals surface area contributed by atoms with Gasteiger partial charge in [0.1, 0.15) is 24.8 Å². The Morgan fingerprint density at radius 3 is 2.50 bits per heavy atom. The van der Waals surface area contributed by atoms with E-state index < -0.39 is 6.16 Å². The third kappa shape index (κ3) is 6.10. The van der Waals surface area contributed by atoms with Crippen LogP contribution < -0.4 is 9.64 Å². The molecule has 3 rings (SSSR count). The topological polar surface area (TPSA) is 130 Å². The van der Waals surface area contributed by atoms with Gasteiger partial charge in [0.25, 0.3) is 0 Å². The molecule has 1 aliphatic rings. The Balaban J connectivity index is 1.64. The van der Waals surface area contributed by atoms with E-state index in [4.69, 9.17) is 19.7 Å². The molecule has 0 bridgehead atoms. The van der Waals surface area contributed by atoms with Crippen molar-refractivity contribution in [2.45, 2.75) is 13.5 Å². The maximum absolute atomic E-state index is 12.0. The number of anilines is 1. The van der Waals surface area contributed by atoms with Crippen molar-refractivity contribution in [2.75, 3.05) is 44.8 Å². The number of amides is 1. The lowest BCUT2D eigenvalue weighted by atomic mass is 10.2. The number of carbonyl (C=O) groups is 2. The summed E-state index contributed by atoms with van der Waals surface area (Å²) < 4.78 is 15.2. The predicted molar refractivity (Wildman–Crippen MR) is 116 cm³/mol. The molecule has 1 aromatic carbocycles. The molecule has 0 N–H and O–H groups in total. The molecular weight excluding hydrogens is 416 g/mol. The zero-order valence-corrected chi connectivity index (χ0v) is 17.9. The summed E-state index contributed by atoms with van der Waals surface area (Å²) in [4.78, 5) is 35.0.